The number of halogens is 1. The summed E-state index contributed by atoms with van der Waals surface area (Å²) in [6.45, 7) is 4.17. The average molecular weight is 547 g/mol. The van der Waals surface area contributed by atoms with Crippen LogP contribution in [0.5, 0.6) is 11.5 Å². The van der Waals surface area contributed by atoms with Crippen LogP contribution in [0.4, 0.5) is 0 Å². The second-order valence-electron chi connectivity index (χ2n) is 8.28. The zero-order chi connectivity index (χ0) is 25.9. The van der Waals surface area contributed by atoms with Gasteiger partial charge in [-0.05, 0) is 41.8 Å². The molecule has 0 atom stereocenters. The van der Waals surface area contributed by atoms with Crippen LogP contribution in [0.15, 0.2) is 63.5 Å². The molecule has 0 aromatic heterocycles. The Morgan fingerprint density at radius 3 is 2.50 bits per heavy atom. The third-order valence-corrected chi connectivity index (χ3v) is 8.03. The minimum Gasteiger partial charge on any atom is -0.490 e. The highest BCUT2D eigenvalue weighted by atomic mass is 35.5. The fourth-order valence-electron chi connectivity index (χ4n) is 3.41. The summed E-state index contributed by atoms with van der Waals surface area (Å²) in [6, 6.07) is 14.1. The molecule has 9 nitrogen and oxygen atoms in total. The molecule has 2 heterocycles. The lowest BCUT2D eigenvalue weighted by atomic mass is 10.1. The van der Waals surface area contributed by atoms with Gasteiger partial charge in [0.1, 0.15) is 30.5 Å². The molecule has 0 spiro atoms. The molecule has 4 rings (SSSR count). The molecule has 1 amide bonds. The van der Waals surface area contributed by atoms with E-state index in [-0.39, 0.29) is 33.4 Å². The first-order valence-corrected chi connectivity index (χ1v) is 13.8. The van der Waals surface area contributed by atoms with E-state index in [1.807, 2.05) is 12.1 Å². The highest BCUT2D eigenvalue weighted by molar-refractivity contribution is 8.16. The molecule has 1 N–H and O–H groups in total. The van der Waals surface area contributed by atoms with Crippen LogP contribution < -0.4 is 9.47 Å². The molecule has 0 unspecified atom stereocenters. The quantitative estimate of drug-likeness (QED) is 0.295. The standard InChI is InChI=1S/C24H23ClN4O5S2/c1-15(2)14-36(31,32)24-28-35-23-27-22(30)18(21(26)29(23)24)13-16-7-9-17(10-8-16)33-11-12-34-20-6-4-3-5-19(20)25/h3-10,13,15,26H,11-12,14H2,1-2H3/b18-13-,26-21?. The number of amides is 1. The van der Waals surface area contributed by atoms with Crippen LogP contribution >= 0.6 is 23.5 Å². The van der Waals surface area contributed by atoms with E-state index in [0.29, 0.717) is 35.3 Å². The van der Waals surface area contributed by atoms with Crippen molar-refractivity contribution in [1.82, 2.24) is 4.90 Å². The summed E-state index contributed by atoms with van der Waals surface area (Å²) in [4.78, 5) is 17.6. The first-order valence-electron chi connectivity index (χ1n) is 11.0. The molecule has 0 aliphatic carbocycles. The Bertz CT molecular complexity index is 1390. The number of sulfone groups is 1. The van der Waals surface area contributed by atoms with Crippen molar-refractivity contribution >= 4 is 61.5 Å². The van der Waals surface area contributed by atoms with Crippen LogP contribution in [0.1, 0.15) is 19.4 Å². The fourth-order valence-corrected chi connectivity index (χ4v) is 6.33. The Hall–Kier alpha value is -3.15. The van der Waals surface area contributed by atoms with E-state index >= 15 is 0 Å². The van der Waals surface area contributed by atoms with Gasteiger partial charge < -0.3 is 9.47 Å². The zero-order valence-electron chi connectivity index (χ0n) is 19.5. The number of rotatable bonds is 8. The van der Waals surface area contributed by atoms with Crippen LogP contribution in [-0.4, -0.2) is 54.4 Å². The first kappa shape index (κ1) is 25.9. The van der Waals surface area contributed by atoms with Gasteiger partial charge in [-0.1, -0.05) is 49.7 Å². The third kappa shape index (κ3) is 5.80. The summed E-state index contributed by atoms with van der Waals surface area (Å²) < 4.78 is 40.8. The Morgan fingerprint density at radius 1 is 1.11 bits per heavy atom. The van der Waals surface area contributed by atoms with Crippen molar-refractivity contribution in [2.24, 2.45) is 15.3 Å². The van der Waals surface area contributed by atoms with E-state index < -0.39 is 15.7 Å². The largest absolute Gasteiger partial charge is 0.490 e. The minimum absolute atomic E-state index is 0.0319. The predicted molar refractivity (Wildman–Crippen MR) is 143 cm³/mol. The normalized spacial score (nSPS) is 16.8. The number of hydrogen-bond acceptors (Lipinski definition) is 8. The zero-order valence-corrected chi connectivity index (χ0v) is 21.9. The molecule has 0 saturated carbocycles. The number of amidine groups is 3. The number of nitrogens with zero attached hydrogens (tertiary/aromatic N) is 3. The number of carbonyl (C=O) groups excluding carboxylic acids is 1. The van der Waals surface area contributed by atoms with Gasteiger partial charge in [0, 0.05) is 0 Å². The van der Waals surface area contributed by atoms with Gasteiger partial charge in [0.15, 0.2) is 0 Å². The Labute approximate surface area is 218 Å². The molecular weight excluding hydrogens is 524 g/mol. The number of ether oxygens (including phenoxy) is 2. The van der Waals surface area contributed by atoms with Gasteiger partial charge in [0.25, 0.3) is 5.91 Å². The molecule has 36 heavy (non-hydrogen) atoms. The monoisotopic (exact) mass is 546 g/mol. The second kappa shape index (κ2) is 10.9. The predicted octanol–water partition coefficient (Wildman–Crippen LogP) is 4.45. The van der Waals surface area contributed by atoms with Crippen LogP contribution in [0.3, 0.4) is 0 Å². The molecule has 0 fully saturated rings. The van der Waals surface area contributed by atoms with E-state index in [9.17, 15) is 13.2 Å². The molecule has 188 valence electrons. The molecule has 2 aromatic carbocycles. The number of nitrogens with one attached hydrogen (secondary N) is 1. The molecule has 2 aromatic rings. The van der Waals surface area contributed by atoms with Gasteiger partial charge in [-0.2, -0.15) is 9.39 Å². The third-order valence-electron chi connectivity index (χ3n) is 4.96. The molecular formula is C24H23ClN4O5S2. The van der Waals surface area contributed by atoms with Gasteiger partial charge in [-0.15, -0.1) is 0 Å². The molecule has 2 aliphatic heterocycles. The average Bonchev–Trinajstić information content (AvgIpc) is 3.25. The number of para-hydroxylation sites is 1. The molecule has 0 saturated heterocycles. The van der Waals surface area contributed by atoms with Crippen molar-refractivity contribution in [3.8, 4) is 11.5 Å². The van der Waals surface area contributed by atoms with E-state index in [0.717, 1.165) is 16.8 Å². The lowest BCUT2D eigenvalue weighted by Crippen LogP contribution is -2.46. The van der Waals surface area contributed by atoms with Crippen molar-refractivity contribution < 1.29 is 22.7 Å². The summed E-state index contributed by atoms with van der Waals surface area (Å²) in [5.74, 6) is 0.0166. The molecule has 0 radical (unpaired) electrons. The van der Waals surface area contributed by atoms with Gasteiger partial charge in [-0.3, -0.25) is 10.2 Å². The van der Waals surface area contributed by atoms with Crippen molar-refractivity contribution in [2.75, 3.05) is 19.0 Å². The van der Waals surface area contributed by atoms with Crippen LogP contribution in [0.25, 0.3) is 6.08 Å². The van der Waals surface area contributed by atoms with Crippen molar-refractivity contribution in [3.05, 3.63) is 64.7 Å². The highest BCUT2D eigenvalue weighted by Gasteiger charge is 2.42. The van der Waals surface area contributed by atoms with Crippen LogP contribution in [0, 0.1) is 11.3 Å². The smallest absolute Gasteiger partial charge is 0.283 e. The maximum atomic E-state index is 12.8. The highest BCUT2D eigenvalue weighted by Crippen LogP contribution is 2.31. The van der Waals surface area contributed by atoms with Crippen molar-refractivity contribution in [3.63, 3.8) is 0 Å². The Balaban J connectivity index is 1.42. The van der Waals surface area contributed by atoms with E-state index in [1.165, 1.54) is 6.08 Å². The number of benzene rings is 2. The van der Waals surface area contributed by atoms with E-state index in [2.05, 4.69) is 9.39 Å². The summed E-state index contributed by atoms with van der Waals surface area (Å²) >= 11 is 6.84. The lowest BCUT2D eigenvalue weighted by Gasteiger charge is -2.24. The van der Waals surface area contributed by atoms with Crippen LogP contribution in [-0.2, 0) is 14.6 Å². The van der Waals surface area contributed by atoms with Gasteiger partial charge in [-0.25, -0.2) is 13.3 Å². The SMILES string of the molecule is CC(C)CS(=O)(=O)C1=NSC2=NC(=O)/C(=C\c3ccc(OCCOc4ccccc4Cl)cc3)C(=N)N21. The van der Waals surface area contributed by atoms with E-state index in [4.69, 9.17) is 26.5 Å². The summed E-state index contributed by atoms with van der Waals surface area (Å²) in [5, 5.41) is 8.85. The molecule has 2 aliphatic rings. The first-order chi connectivity index (χ1) is 17.2. The summed E-state index contributed by atoms with van der Waals surface area (Å²) in [7, 11) is -3.75. The number of aliphatic imine (C=N–C) groups is 1. The Morgan fingerprint density at radius 2 is 1.81 bits per heavy atom. The summed E-state index contributed by atoms with van der Waals surface area (Å²) in [5.41, 5.74) is 0.590. The van der Waals surface area contributed by atoms with Gasteiger partial charge in [0.2, 0.25) is 20.2 Å². The molecule has 12 heteroatoms. The fraction of sp³-hybridized carbons (Fsp3) is 0.250. The number of carbonyl (C=O) groups is 1. The van der Waals surface area contributed by atoms with E-state index in [1.54, 1.807) is 50.2 Å². The number of hydrogen-bond donors (Lipinski definition) is 1. The minimum atomic E-state index is -3.75. The Kier molecular flexibility index (Phi) is 7.82. The topological polar surface area (TPSA) is 121 Å². The van der Waals surface area contributed by atoms with Gasteiger partial charge >= 0.3 is 0 Å². The summed E-state index contributed by atoms with van der Waals surface area (Å²) in [6.07, 6.45) is 1.49. The van der Waals surface area contributed by atoms with Crippen LogP contribution in [0.2, 0.25) is 5.02 Å². The number of fused-ring (bicyclic) bond motifs is 1. The molecule has 0 bridgehead atoms. The van der Waals surface area contributed by atoms with Gasteiger partial charge in [0.05, 0.1) is 28.3 Å². The maximum absolute atomic E-state index is 12.8. The lowest BCUT2D eigenvalue weighted by molar-refractivity contribution is -0.114. The van der Waals surface area contributed by atoms with Crippen molar-refractivity contribution in [1.29, 1.82) is 5.41 Å². The van der Waals surface area contributed by atoms with Crippen molar-refractivity contribution in [2.45, 2.75) is 13.8 Å². The maximum Gasteiger partial charge on any atom is 0.283 e. The second-order valence-corrected chi connectivity index (χ2v) is 11.3.